The number of hydrogen-bond donors (Lipinski definition) is 1. The Balaban J connectivity index is 1.33. The van der Waals surface area contributed by atoms with Gasteiger partial charge in [-0.3, -0.25) is 9.58 Å². The van der Waals surface area contributed by atoms with Crippen LogP contribution < -0.4 is 0 Å². The van der Waals surface area contributed by atoms with Crippen LogP contribution in [0.25, 0.3) is 0 Å². The highest BCUT2D eigenvalue weighted by molar-refractivity contribution is 6.31. The van der Waals surface area contributed by atoms with Crippen molar-refractivity contribution in [2.45, 2.75) is 44.8 Å². The van der Waals surface area contributed by atoms with Gasteiger partial charge in [0.25, 0.3) is 0 Å². The SMILES string of the molecule is CC(N1C[C@H]2CC(OCc3cccc(Cl)c3C(F)(F)F)C[C@H]2C1)n1ccc(C(=O)O)n1. The minimum atomic E-state index is -4.52. The van der Waals surface area contributed by atoms with Gasteiger partial charge < -0.3 is 9.84 Å². The van der Waals surface area contributed by atoms with Crippen LogP contribution in [0.4, 0.5) is 13.2 Å². The lowest BCUT2D eigenvalue weighted by Crippen LogP contribution is -2.31. The zero-order chi connectivity index (χ0) is 22.3. The second kappa shape index (κ2) is 8.44. The predicted octanol–water partition coefficient (Wildman–Crippen LogP) is 4.70. The number of alkyl halides is 3. The second-order valence-corrected chi connectivity index (χ2v) is 8.68. The lowest BCUT2D eigenvalue weighted by Gasteiger charge is -2.26. The van der Waals surface area contributed by atoms with E-state index >= 15 is 0 Å². The molecule has 1 aromatic carbocycles. The number of rotatable bonds is 6. The van der Waals surface area contributed by atoms with Crippen molar-refractivity contribution < 1.29 is 27.8 Å². The van der Waals surface area contributed by atoms with Gasteiger partial charge in [-0.05, 0) is 49.3 Å². The minimum absolute atomic E-state index is 0.0129. The topological polar surface area (TPSA) is 67.6 Å². The van der Waals surface area contributed by atoms with Crippen LogP contribution in [-0.4, -0.2) is 44.9 Å². The molecule has 1 aliphatic heterocycles. The Hall–Kier alpha value is -2.10. The van der Waals surface area contributed by atoms with E-state index in [4.69, 9.17) is 21.4 Å². The van der Waals surface area contributed by atoms with E-state index in [1.165, 1.54) is 24.3 Å². The van der Waals surface area contributed by atoms with Gasteiger partial charge in [-0.25, -0.2) is 4.79 Å². The lowest BCUT2D eigenvalue weighted by atomic mass is 10.0. The first-order valence-corrected chi connectivity index (χ1v) is 10.5. The molecule has 0 spiro atoms. The minimum Gasteiger partial charge on any atom is -0.476 e. The van der Waals surface area contributed by atoms with Gasteiger partial charge in [0.05, 0.1) is 23.3 Å². The molecular weight excluding hydrogens is 435 g/mol. The standard InChI is InChI=1S/C21H23ClF3N3O3/c1-12(28-6-5-18(26-28)20(29)30)27-9-14-7-16(8-15(14)10-27)31-11-13-3-2-4-17(22)19(13)21(23,24)25/h2-6,12,14-16H,7-11H2,1H3,(H,29,30)/t12?,14-,15+,16?. The fourth-order valence-electron chi connectivity index (χ4n) is 4.76. The number of fused-ring (bicyclic) bond motifs is 1. The van der Waals surface area contributed by atoms with Crippen molar-refractivity contribution in [3.05, 3.63) is 52.3 Å². The molecule has 1 aliphatic carbocycles. The van der Waals surface area contributed by atoms with Gasteiger partial charge in [-0.1, -0.05) is 23.7 Å². The maximum Gasteiger partial charge on any atom is 0.418 e. The van der Waals surface area contributed by atoms with E-state index in [9.17, 15) is 18.0 Å². The molecule has 1 N–H and O–H groups in total. The molecule has 0 amide bonds. The summed E-state index contributed by atoms with van der Waals surface area (Å²) in [6.45, 7) is 3.49. The van der Waals surface area contributed by atoms with Crippen LogP contribution in [-0.2, 0) is 17.5 Å². The van der Waals surface area contributed by atoms with Gasteiger partial charge in [0, 0.05) is 19.3 Å². The Kier molecular flexibility index (Phi) is 6.02. The molecular formula is C21H23ClF3N3O3. The number of benzene rings is 1. The molecule has 2 aliphatic rings. The number of aromatic nitrogens is 2. The molecule has 4 atom stereocenters. The highest BCUT2D eigenvalue weighted by atomic mass is 35.5. The maximum absolute atomic E-state index is 13.3. The zero-order valence-corrected chi connectivity index (χ0v) is 17.6. The van der Waals surface area contributed by atoms with Crippen LogP contribution in [0.2, 0.25) is 5.02 Å². The third kappa shape index (κ3) is 4.58. The number of carboxylic acid groups (broad SMARTS) is 1. The molecule has 2 heterocycles. The van der Waals surface area contributed by atoms with Gasteiger partial charge in [-0.2, -0.15) is 18.3 Å². The maximum atomic E-state index is 13.3. The molecule has 31 heavy (non-hydrogen) atoms. The third-order valence-corrected chi connectivity index (χ3v) is 6.65. The normalized spacial score (nSPS) is 25.0. The Bertz CT molecular complexity index is 951. The Morgan fingerprint density at radius 1 is 1.29 bits per heavy atom. The Morgan fingerprint density at radius 3 is 2.55 bits per heavy atom. The van der Waals surface area contributed by atoms with Crippen molar-refractivity contribution in [1.82, 2.24) is 14.7 Å². The molecule has 10 heteroatoms. The van der Waals surface area contributed by atoms with E-state index in [1.807, 2.05) is 6.92 Å². The van der Waals surface area contributed by atoms with Crippen LogP contribution in [0.5, 0.6) is 0 Å². The predicted molar refractivity (Wildman–Crippen MR) is 107 cm³/mol. The second-order valence-electron chi connectivity index (χ2n) is 8.27. The number of hydrogen-bond acceptors (Lipinski definition) is 4. The van der Waals surface area contributed by atoms with Crippen molar-refractivity contribution in [1.29, 1.82) is 0 Å². The fraction of sp³-hybridized carbons (Fsp3) is 0.524. The summed E-state index contributed by atoms with van der Waals surface area (Å²) in [6.07, 6.45) is -1.44. The highest BCUT2D eigenvalue weighted by Gasteiger charge is 2.43. The van der Waals surface area contributed by atoms with Crippen LogP contribution in [0.3, 0.4) is 0 Å². The van der Waals surface area contributed by atoms with E-state index in [-0.39, 0.29) is 35.2 Å². The molecule has 168 valence electrons. The Labute approximate surface area is 182 Å². The molecule has 2 unspecified atom stereocenters. The molecule has 1 saturated heterocycles. The van der Waals surface area contributed by atoms with Crippen molar-refractivity contribution in [3.63, 3.8) is 0 Å². The van der Waals surface area contributed by atoms with E-state index in [1.54, 1.807) is 10.9 Å². The summed E-state index contributed by atoms with van der Waals surface area (Å²) >= 11 is 5.78. The van der Waals surface area contributed by atoms with Gasteiger partial charge in [0.1, 0.15) is 6.17 Å². The molecule has 6 nitrogen and oxygen atoms in total. The fourth-order valence-corrected chi connectivity index (χ4v) is 5.06. The highest BCUT2D eigenvalue weighted by Crippen LogP contribution is 2.42. The van der Waals surface area contributed by atoms with Crippen molar-refractivity contribution in [2.75, 3.05) is 13.1 Å². The van der Waals surface area contributed by atoms with Gasteiger partial charge in [0.15, 0.2) is 5.69 Å². The van der Waals surface area contributed by atoms with E-state index < -0.39 is 17.7 Å². The summed E-state index contributed by atoms with van der Waals surface area (Å²) in [7, 11) is 0. The number of nitrogens with zero attached hydrogens (tertiary/aromatic N) is 3. The molecule has 0 radical (unpaired) electrons. The first-order valence-electron chi connectivity index (χ1n) is 10.1. The van der Waals surface area contributed by atoms with Crippen LogP contribution in [0.1, 0.15) is 47.5 Å². The molecule has 1 saturated carbocycles. The monoisotopic (exact) mass is 457 g/mol. The van der Waals surface area contributed by atoms with Crippen molar-refractivity contribution >= 4 is 17.6 Å². The number of halogens is 4. The first kappa shape index (κ1) is 22.1. The third-order valence-electron chi connectivity index (χ3n) is 6.33. The van der Waals surface area contributed by atoms with Gasteiger partial charge >= 0.3 is 12.1 Å². The first-order chi connectivity index (χ1) is 14.6. The van der Waals surface area contributed by atoms with E-state index in [0.717, 1.165) is 25.9 Å². The molecule has 2 fully saturated rings. The number of likely N-dealkylation sites (tertiary alicyclic amines) is 1. The number of aromatic carboxylic acids is 1. The summed E-state index contributed by atoms with van der Waals surface area (Å²) in [5.41, 5.74) is -0.756. The average Bonchev–Trinajstić information content (AvgIpc) is 3.39. The van der Waals surface area contributed by atoms with Crippen LogP contribution >= 0.6 is 11.6 Å². The van der Waals surface area contributed by atoms with Crippen molar-refractivity contribution in [3.8, 4) is 0 Å². The average molecular weight is 458 g/mol. The Morgan fingerprint density at radius 2 is 1.97 bits per heavy atom. The van der Waals surface area contributed by atoms with Gasteiger partial charge in [0.2, 0.25) is 0 Å². The largest absolute Gasteiger partial charge is 0.476 e. The zero-order valence-electron chi connectivity index (χ0n) is 16.8. The number of carboxylic acids is 1. The molecule has 1 aromatic heterocycles. The number of ether oxygens (including phenoxy) is 1. The van der Waals surface area contributed by atoms with E-state index in [0.29, 0.717) is 11.8 Å². The summed E-state index contributed by atoms with van der Waals surface area (Å²) in [6, 6.07) is 5.63. The summed E-state index contributed by atoms with van der Waals surface area (Å²) in [5.74, 6) is -0.274. The van der Waals surface area contributed by atoms with Crippen LogP contribution in [0, 0.1) is 11.8 Å². The molecule has 0 bridgehead atoms. The molecule has 2 aromatic rings. The summed E-state index contributed by atoms with van der Waals surface area (Å²) < 4.78 is 47.5. The van der Waals surface area contributed by atoms with Crippen molar-refractivity contribution in [2.24, 2.45) is 11.8 Å². The smallest absolute Gasteiger partial charge is 0.418 e. The van der Waals surface area contributed by atoms with Crippen LogP contribution in [0.15, 0.2) is 30.5 Å². The summed E-state index contributed by atoms with van der Waals surface area (Å²) in [4.78, 5) is 13.3. The van der Waals surface area contributed by atoms with Gasteiger partial charge in [-0.15, -0.1) is 0 Å². The summed E-state index contributed by atoms with van der Waals surface area (Å²) in [5, 5.41) is 12.8. The van der Waals surface area contributed by atoms with E-state index in [2.05, 4.69) is 10.00 Å². The molecule has 4 rings (SSSR count). The number of carbonyl (C=O) groups is 1. The lowest BCUT2D eigenvalue weighted by molar-refractivity contribution is -0.139. The quantitative estimate of drug-likeness (QED) is 0.681.